The quantitative estimate of drug-likeness (QED) is 0.0960. The van der Waals surface area contributed by atoms with Gasteiger partial charge in [0.05, 0.1) is 30.8 Å². The van der Waals surface area contributed by atoms with Crippen LogP contribution in [0, 0.1) is 0 Å². The largest absolute Gasteiger partial charge is 0.461 e. The van der Waals surface area contributed by atoms with E-state index in [1.807, 2.05) is 0 Å². The third-order valence-electron chi connectivity index (χ3n) is 7.08. The Balaban J connectivity index is 1.63. The first kappa shape index (κ1) is 38.3. The molecule has 0 spiro atoms. The average molecular weight is 881 g/mol. The summed E-state index contributed by atoms with van der Waals surface area (Å²) in [5.41, 5.74) is 6.69. The van der Waals surface area contributed by atoms with E-state index in [1.165, 1.54) is 0 Å². The molecule has 0 aliphatic carbocycles. The van der Waals surface area contributed by atoms with Gasteiger partial charge in [0.15, 0.2) is 5.75 Å². The zero-order chi connectivity index (χ0) is 37.8. The lowest BCUT2D eigenvalue weighted by molar-refractivity contribution is 0.443. The fourth-order valence-corrected chi connectivity index (χ4v) is 15.0. The van der Waals surface area contributed by atoms with Crippen molar-refractivity contribution in [1.82, 2.24) is 0 Å². The first-order valence-electron chi connectivity index (χ1n) is 15.7. The number of para-hydroxylation sites is 7. The molecule has 6 aromatic rings. The Labute approximate surface area is 336 Å². The molecule has 0 bridgehead atoms. The van der Waals surface area contributed by atoms with Crippen LogP contribution in [0.5, 0.6) is 34.5 Å². The van der Waals surface area contributed by atoms with Crippen LogP contribution in [-0.4, -0.2) is 0 Å². The van der Waals surface area contributed by atoms with Crippen LogP contribution < -0.4 is 32.9 Å². The lowest BCUT2D eigenvalue weighted by Gasteiger charge is -2.33. The number of benzene rings is 6. The van der Waals surface area contributed by atoms with Crippen molar-refractivity contribution in [3.8, 4) is 34.5 Å². The van der Waals surface area contributed by atoms with E-state index in [2.05, 4.69) is 0 Å². The summed E-state index contributed by atoms with van der Waals surface area (Å²) in [5, 5.41) is 1.04. The molecule has 1 unspecified atom stereocenters. The van der Waals surface area contributed by atoms with Crippen molar-refractivity contribution in [1.29, 1.82) is 0 Å². The SMILES string of the molecule is Nc1ccccc1OP1(Oc2ccccc2Cl)=NP(Oc2ccccc2Cl)(Oc2ccccc2Cl)=NP(Oc2ccccc2Cl)(Oc2ccccc2Cl)=N1. The van der Waals surface area contributed by atoms with Gasteiger partial charge in [0, 0.05) is 0 Å². The number of nitrogen functional groups attached to an aromatic ring is 1. The van der Waals surface area contributed by atoms with Crippen LogP contribution in [-0.2, 0) is 0 Å². The Bertz CT molecular complexity index is 2080. The molecule has 0 amide bonds. The van der Waals surface area contributed by atoms with Crippen molar-refractivity contribution in [2.75, 3.05) is 5.73 Å². The number of rotatable bonds is 12. The second kappa shape index (κ2) is 16.4. The van der Waals surface area contributed by atoms with E-state index in [1.54, 1.807) is 146 Å². The molecule has 7 rings (SSSR count). The summed E-state index contributed by atoms with van der Waals surface area (Å²) in [4.78, 5) is 0. The smallest absolute Gasteiger partial charge is 0.412 e. The maximum absolute atomic E-state index is 6.73. The monoisotopic (exact) mass is 878 g/mol. The van der Waals surface area contributed by atoms with Crippen LogP contribution in [0.1, 0.15) is 0 Å². The van der Waals surface area contributed by atoms with E-state index in [9.17, 15) is 0 Å². The van der Waals surface area contributed by atoms with Crippen LogP contribution in [0.4, 0.5) is 5.69 Å². The van der Waals surface area contributed by atoms with Crippen molar-refractivity contribution in [3.05, 3.63) is 171 Å². The van der Waals surface area contributed by atoms with Gasteiger partial charge in [-0.1, -0.05) is 144 Å². The zero-order valence-corrected chi connectivity index (χ0v) is 33.9. The second-order valence-electron chi connectivity index (χ2n) is 11.0. The van der Waals surface area contributed by atoms with E-state index in [0.717, 1.165) is 0 Å². The predicted octanol–water partition coefficient (Wildman–Crippen LogP) is 15.2. The molecule has 276 valence electrons. The van der Waals surface area contributed by atoms with Gasteiger partial charge >= 0.3 is 23.0 Å². The first-order chi connectivity index (χ1) is 26.1. The Morgan fingerprint density at radius 3 is 0.759 bits per heavy atom. The summed E-state index contributed by atoms with van der Waals surface area (Å²) in [6.45, 7) is 0. The summed E-state index contributed by atoms with van der Waals surface area (Å²) < 4.78 is 55.6. The molecule has 1 aliphatic rings. The maximum Gasteiger partial charge on any atom is 0.461 e. The first-order valence-corrected chi connectivity index (χ1v) is 22.2. The number of hydrogen-bond acceptors (Lipinski definition) is 10. The molecular formula is C36H26Cl5N4O6P3. The van der Waals surface area contributed by atoms with Gasteiger partial charge in [-0.2, -0.15) is 0 Å². The molecular weight excluding hydrogens is 855 g/mol. The van der Waals surface area contributed by atoms with Gasteiger partial charge in [-0.25, -0.2) is 0 Å². The van der Waals surface area contributed by atoms with Crippen LogP contribution in [0.3, 0.4) is 0 Å². The molecule has 2 N–H and O–H groups in total. The van der Waals surface area contributed by atoms with Crippen molar-refractivity contribution in [2.24, 2.45) is 13.5 Å². The molecule has 10 nitrogen and oxygen atoms in total. The predicted molar refractivity (Wildman–Crippen MR) is 220 cm³/mol. The molecule has 0 saturated heterocycles. The minimum absolute atomic E-state index is 0.137. The van der Waals surface area contributed by atoms with E-state index in [0.29, 0.717) is 0 Å². The van der Waals surface area contributed by atoms with Crippen LogP contribution in [0.15, 0.2) is 159 Å². The highest BCUT2D eigenvalue weighted by Gasteiger charge is 2.49. The van der Waals surface area contributed by atoms with Gasteiger partial charge in [0.1, 0.15) is 28.7 Å². The summed E-state index contributed by atoms with van der Waals surface area (Å²) in [7, 11) is -13.0. The van der Waals surface area contributed by atoms with Gasteiger partial charge in [-0.15, -0.1) is 0 Å². The summed E-state index contributed by atoms with van der Waals surface area (Å²) in [5.74, 6) is 0.832. The topological polar surface area (TPSA) is 118 Å². The van der Waals surface area contributed by atoms with E-state index < -0.39 is 23.0 Å². The van der Waals surface area contributed by atoms with E-state index in [4.69, 9.17) is 104 Å². The molecule has 6 aromatic carbocycles. The number of nitrogens with zero attached hydrogens (tertiary/aromatic N) is 3. The molecule has 18 heteroatoms. The zero-order valence-electron chi connectivity index (χ0n) is 27.5. The molecule has 1 atom stereocenters. The Morgan fingerprint density at radius 1 is 0.315 bits per heavy atom. The van der Waals surface area contributed by atoms with Gasteiger partial charge in [-0.05, 0) is 72.8 Å². The van der Waals surface area contributed by atoms with Crippen molar-refractivity contribution >= 4 is 86.7 Å². The molecule has 1 aliphatic heterocycles. The molecule has 0 fully saturated rings. The summed E-state index contributed by atoms with van der Waals surface area (Å²) >= 11 is 33.6. The summed E-state index contributed by atoms with van der Waals surface area (Å²) in [6.07, 6.45) is 0. The molecule has 0 aromatic heterocycles. The van der Waals surface area contributed by atoms with E-state index >= 15 is 0 Å². The summed E-state index contributed by atoms with van der Waals surface area (Å²) in [6, 6.07) is 40.2. The highest BCUT2D eigenvalue weighted by Crippen LogP contribution is 2.79. The fraction of sp³-hybridized carbons (Fsp3) is 0. The maximum atomic E-state index is 6.73. The van der Waals surface area contributed by atoms with Gasteiger partial charge in [0.25, 0.3) is 0 Å². The fourth-order valence-electron chi connectivity index (χ4n) is 4.68. The molecule has 0 saturated carbocycles. The van der Waals surface area contributed by atoms with Crippen LogP contribution >= 0.6 is 81.0 Å². The lowest BCUT2D eigenvalue weighted by Crippen LogP contribution is -2.12. The van der Waals surface area contributed by atoms with Gasteiger partial charge in [-0.3, -0.25) is 0 Å². The standard InChI is InChI=1S/C36H26Cl5N4O6P3/c37-25-13-1-7-19-31(25)46-52(47-32-20-8-2-14-26(32)38)43-53(48-33-21-9-3-15-27(33)39,49-34-22-10-4-16-28(34)40)45-54(44-52,50-35-23-11-5-17-29(35)41)51-36-24-12-6-18-30(36)42/h1-24H,42H2. The number of halogens is 5. The van der Waals surface area contributed by atoms with Crippen molar-refractivity contribution in [3.63, 3.8) is 0 Å². The van der Waals surface area contributed by atoms with Crippen molar-refractivity contribution < 1.29 is 27.1 Å². The Morgan fingerprint density at radius 2 is 0.519 bits per heavy atom. The van der Waals surface area contributed by atoms with Gasteiger partial charge < -0.3 is 32.9 Å². The van der Waals surface area contributed by atoms with Crippen LogP contribution in [0.25, 0.3) is 0 Å². The Kier molecular flexibility index (Phi) is 11.7. The number of hydrogen-bond donors (Lipinski definition) is 1. The molecule has 54 heavy (non-hydrogen) atoms. The second-order valence-corrected chi connectivity index (χ2v) is 19.2. The highest BCUT2D eigenvalue weighted by molar-refractivity contribution is 7.79. The normalized spacial score (nSPS) is 16.8. The Hall–Kier alpha value is -3.94. The minimum atomic E-state index is -4.32. The minimum Gasteiger partial charge on any atom is -0.412 e. The van der Waals surface area contributed by atoms with E-state index in [-0.39, 0.29) is 65.3 Å². The number of nitrogens with two attached hydrogens (primary N) is 1. The van der Waals surface area contributed by atoms with Crippen molar-refractivity contribution in [2.45, 2.75) is 0 Å². The van der Waals surface area contributed by atoms with Gasteiger partial charge in [0.2, 0.25) is 0 Å². The third-order valence-corrected chi connectivity index (χ3v) is 16.7. The van der Waals surface area contributed by atoms with Crippen LogP contribution in [0.2, 0.25) is 25.1 Å². The lowest BCUT2D eigenvalue weighted by atomic mass is 10.3. The highest BCUT2D eigenvalue weighted by atomic mass is 35.5. The molecule has 0 radical (unpaired) electrons. The third kappa shape index (κ3) is 8.79. The number of anilines is 1. The molecule has 1 heterocycles. The average Bonchev–Trinajstić information content (AvgIpc) is 3.14.